The number of hydrogen-bond acceptors (Lipinski definition) is 6. The van der Waals surface area contributed by atoms with Crippen LogP contribution in [-0.4, -0.2) is 60.1 Å². The molecule has 1 saturated heterocycles. The smallest absolute Gasteiger partial charge is 0.254 e. The van der Waals surface area contributed by atoms with Gasteiger partial charge >= 0.3 is 0 Å². The summed E-state index contributed by atoms with van der Waals surface area (Å²) in [6, 6.07) is 5.45. The Labute approximate surface area is 170 Å². The molecule has 1 amide bonds. The molecule has 0 saturated carbocycles. The first kappa shape index (κ1) is 19.2. The predicted molar refractivity (Wildman–Crippen MR) is 109 cm³/mol. The minimum atomic E-state index is 0.0558. The van der Waals surface area contributed by atoms with Crippen LogP contribution in [-0.2, 0) is 12.0 Å². The summed E-state index contributed by atoms with van der Waals surface area (Å²) in [6.07, 6.45) is 0. The van der Waals surface area contributed by atoms with E-state index in [9.17, 15) is 4.79 Å². The van der Waals surface area contributed by atoms with Crippen LogP contribution in [0.4, 0.5) is 0 Å². The summed E-state index contributed by atoms with van der Waals surface area (Å²) in [4.78, 5) is 21.9. The molecule has 2 aliphatic rings. The number of amides is 1. The van der Waals surface area contributed by atoms with Crippen molar-refractivity contribution in [3.63, 3.8) is 0 Å². The van der Waals surface area contributed by atoms with E-state index in [1.54, 1.807) is 17.4 Å². The number of nitrogens with zero attached hydrogens (tertiary/aromatic N) is 3. The maximum Gasteiger partial charge on any atom is 0.254 e. The van der Waals surface area contributed by atoms with Gasteiger partial charge in [-0.2, -0.15) is 0 Å². The summed E-state index contributed by atoms with van der Waals surface area (Å²) < 4.78 is 11.1. The molecular weight excluding hydrogens is 374 g/mol. The number of benzene rings is 1. The molecule has 0 spiro atoms. The first-order valence-corrected chi connectivity index (χ1v) is 10.6. The van der Waals surface area contributed by atoms with Crippen molar-refractivity contribution >= 4 is 17.2 Å². The Kier molecular flexibility index (Phi) is 5.29. The molecule has 0 aliphatic carbocycles. The zero-order valence-electron chi connectivity index (χ0n) is 16.7. The predicted octanol–water partition coefficient (Wildman–Crippen LogP) is 3.17. The Balaban J connectivity index is 1.34. The van der Waals surface area contributed by atoms with Gasteiger partial charge in [0.25, 0.3) is 5.91 Å². The Morgan fingerprint density at radius 1 is 1.11 bits per heavy atom. The number of rotatable bonds is 3. The van der Waals surface area contributed by atoms with Crippen LogP contribution in [0.3, 0.4) is 0 Å². The Hall–Kier alpha value is -2.12. The summed E-state index contributed by atoms with van der Waals surface area (Å²) in [7, 11) is 0. The topological polar surface area (TPSA) is 54.9 Å². The Morgan fingerprint density at radius 3 is 2.50 bits per heavy atom. The maximum absolute atomic E-state index is 12.9. The quantitative estimate of drug-likeness (QED) is 0.791. The highest BCUT2D eigenvalue weighted by atomic mass is 32.1. The van der Waals surface area contributed by atoms with E-state index in [2.05, 4.69) is 31.1 Å². The molecule has 0 N–H and O–H groups in total. The SMILES string of the molecule is CC(C)(C)c1nc(CN2CCN(C(=O)c3ccc4c(c3)OCCO4)CC2)cs1. The normalized spacial score (nSPS) is 17.6. The molecule has 0 atom stereocenters. The molecular formula is C21H27N3O3S. The third-order valence-corrected chi connectivity index (χ3v) is 6.34. The number of aromatic nitrogens is 1. The van der Waals surface area contributed by atoms with Crippen LogP contribution in [0.25, 0.3) is 0 Å². The molecule has 1 aromatic heterocycles. The summed E-state index contributed by atoms with van der Waals surface area (Å²) in [5.74, 6) is 1.43. The fourth-order valence-electron chi connectivity index (χ4n) is 3.42. The first-order valence-electron chi connectivity index (χ1n) is 9.76. The minimum absolute atomic E-state index is 0.0558. The second kappa shape index (κ2) is 7.72. The van der Waals surface area contributed by atoms with Gasteiger partial charge in [-0.15, -0.1) is 11.3 Å². The van der Waals surface area contributed by atoms with Crippen molar-refractivity contribution < 1.29 is 14.3 Å². The third kappa shape index (κ3) is 4.15. The van der Waals surface area contributed by atoms with Crippen molar-refractivity contribution in [3.05, 3.63) is 39.8 Å². The summed E-state index contributed by atoms with van der Waals surface area (Å²) in [5, 5.41) is 3.34. The van der Waals surface area contributed by atoms with Crippen molar-refractivity contribution in [3.8, 4) is 11.5 Å². The van der Waals surface area contributed by atoms with Gasteiger partial charge in [-0.1, -0.05) is 20.8 Å². The summed E-state index contributed by atoms with van der Waals surface area (Å²) in [6.45, 7) is 11.7. The zero-order chi connectivity index (χ0) is 19.7. The van der Waals surface area contributed by atoms with E-state index < -0.39 is 0 Å². The molecule has 0 unspecified atom stereocenters. The van der Waals surface area contributed by atoms with Crippen molar-refractivity contribution in [2.24, 2.45) is 0 Å². The van der Waals surface area contributed by atoms with E-state index in [-0.39, 0.29) is 11.3 Å². The Morgan fingerprint density at radius 2 is 1.82 bits per heavy atom. The summed E-state index contributed by atoms with van der Waals surface area (Å²) in [5.41, 5.74) is 1.88. The number of hydrogen-bond donors (Lipinski definition) is 0. The fourth-order valence-corrected chi connectivity index (χ4v) is 4.32. The molecule has 1 fully saturated rings. The van der Waals surface area contributed by atoms with Crippen LogP contribution < -0.4 is 9.47 Å². The molecule has 7 heteroatoms. The van der Waals surface area contributed by atoms with Crippen LogP contribution in [0.15, 0.2) is 23.6 Å². The second-order valence-electron chi connectivity index (χ2n) is 8.32. The van der Waals surface area contributed by atoms with Gasteiger partial charge in [-0.05, 0) is 18.2 Å². The van der Waals surface area contributed by atoms with Crippen LogP contribution >= 0.6 is 11.3 Å². The lowest BCUT2D eigenvalue weighted by molar-refractivity contribution is 0.0626. The van der Waals surface area contributed by atoms with E-state index >= 15 is 0 Å². The number of fused-ring (bicyclic) bond motifs is 1. The molecule has 0 radical (unpaired) electrons. The van der Waals surface area contributed by atoms with Crippen molar-refractivity contribution in [2.45, 2.75) is 32.7 Å². The number of ether oxygens (including phenoxy) is 2. The van der Waals surface area contributed by atoms with Crippen molar-refractivity contribution in [1.82, 2.24) is 14.8 Å². The molecule has 150 valence electrons. The highest BCUT2D eigenvalue weighted by molar-refractivity contribution is 7.09. The second-order valence-corrected chi connectivity index (χ2v) is 9.18. The number of thiazole rings is 1. The third-order valence-electron chi connectivity index (χ3n) is 5.03. The van der Waals surface area contributed by atoms with Gasteiger partial charge in [0.1, 0.15) is 13.2 Å². The molecule has 1 aromatic carbocycles. The van der Waals surface area contributed by atoms with Crippen molar-refractivity contribution in [1.29, 1.82) is 0 Å². The highest BCUT2D eigenvalue weighted by Gasteiger charge is 2.25. The molecule has 2 aliphatic heterocycles. The zero-order valence-corrected chi connectivity index (χ0v) is 17.6. The molecule has 0 bridgehead atoms. The molecule has 3 heterocycles. The molecule has 4 rings (SSSR count). The standard InChI is InChI=1S/C21H27N3O3S/c1-21(2,3)20-22-16(14-28-20)13-23-6-8-24(9-7-23)19(25)15-4-5-17-18(12-15)27-11-10-26-17/h4-5,12,14H,6-11,13H2,1-3H3. The van der Waals surface area contributed by atoms with Gasteiger partial charge in [0, 0.05) is 49.1 Å². The van der Waals surface area contributed by atoms with Gasteiger partial charge in [0.2, 0.25) is 0 Å². The average molecular weight is 402 g/mol. The van der Waals surface area contributed by atoms with Crippen LogP contribution in [0.1, 0.15) is 41.8 Å². The molecule has 2 aromatic rings. The first-order chi connectivity index (χ1) is 13.4. The average Bonchev–Trinajstić information content (AvgIpc) is 3.17. The molecule has 28 heavy (non-hydrogen) atoms. The van der Waals surface area contributed by atoms with E-state index in [0.29, 0.717) is 30.3 Å². The van der Waals surface area contributed by atoms with E-state index in [0.717, 1.165) is 38.4 Å². The number of carbonyl (C=O) groups is 1. The number of carbonyl (C=O) groups excluding carboxylic acids is 1. The van der Waals surface area contributed by atoms with Gasteiger partial charge in [0.15, 0.2) is 11.5 Å². The Bertz CT molecular complexity index is 851. The van der Waals surface area contributed by atoms with E-state index in [1.165, 1.54) is 5.01 Å². The summed E-state index contributed by atoms with van der Waals surface area (Å²) >= 11 is 1.73. The van der Waals surface area contributed by atoms with Gasteiger partial charge < -0.3 is 14.4 Å². The highest BCUT2D eigenvalue weighted by Crippen LogP contribution is 2.31. The van der Waals surface area contributed by atoms with Crippen molar-refractivity contribution in [2.75, 3.05) is 39.4 Å². The van der Waals surface area contributed by atoms with Gasteiger partial charge in [-0.25, -0.2) is 4.98 Å². The van der Waals surface area contributed by atoms with E-state index in [1.807, 2.05) is 17.0 Å². The van der Waals surface area contributed by atoms with Gasteiger partial charge in [0.05, 0.1) is 10.7 Å². The minimum Gasteiger partial charge on any atom is -0.486 e. The number of piperazine rings is 1. The lowest BCUT2D eigenvalue weighted by atomic mass is 9.98. The fraction of sp³-hybridized carbons (Fsp3) is 0.524. The van der Waals surface area contributed by atoms with Crippen LogP contribution in [0.5, 0.6) is 11.5 Å². The lowest BCUT2D eigenvalue weighted by Crippen LogP contribution is -2.48. The van der Waals surface area contributed by atoms with Gasteiger partial charge in [-0.3, -0.25) is 9.69 Å². The maximum atomic E-state index is 12.9. The van der Waals surface area contributed by atoms with Crippen LogP contribution in [0, 0.1) is 0 Å². The largest absolute Gasteiger partial charge is 0.486 e. The van der Waals surface area contributed by atoms with Crippen LogP contribution in [0.2, 0.25) is 0 Å². The lowest BCUT2D eigenvalue weighted by Gasteiger charge is -2.34. The monoisotopic (exact) mass is 401 g/mol. The van der Waals surface area contributed by atoms with E-state index in [4.69, 9.17) is 14.5 Å². The molecule has 6 nitrogen and oxygen atoms in total.